The molecule has 0 bridgehead atoms. The maximum atomic E-state index is 13.2. The SMILES string of the molecule is CC1CCCCC1NC(=O)C(C)N1CCN(C(=O)c2cccc3ccccc23)CC1. The van der Waals surface area contributed by atoms with Gasteiger partial charge in [0.05, 0.1) is 6.04 Å². The fraction of sp³-hybridized carbons (Fsp3) is 0.520. The number of carbonyl (C=O) groups excluding carboxylic acids is 2. The Bertz CT molecular complexity index is 899. The lowest BCUT2D eigenvalue weighted by molar-refractivity contribution is -0.127. The molecule has 2 aromatic carbocycles. The molecule has 30 heavy (non-hydrogen) atoms. The summed E-state index contributed by atoms with van der Waals surface area (Å²) in [5.41, 5.74) is 0.763. The average molecular weight is 408 g/mol. The number of rotatable bonds is 4. The third-order valence-corrected chi connectivity index (χ3v) is 6.99. The van der Waals surface area contributed by atoms with E-state index in [0.29, 0.717) is 25.0 Å². The van der Waals surface area contributed by atoms with Gasteiger partial charge in [0, 0.05) is 37.8 Å². The molecule has 1 saturated heterocycles. The number of benzene rings is 2. The fourth-order valence-electron chi connectivity index (χ4n) is 4.89. The molecule has 3 unspecified atom stereocenters. The van der Waals surface area contributed by atoms with Crippen LogP contribution in [0.1, 0.15) is 49.9 Å². The van der Waals surface area contributed by atoms with Crippen molar-refractivity contribution in [3.8, 4) is 0 Å². The van der Waals surface area contributed by atoms with Gasteiger partial charge in [-0.05, 0) is 42.5 Å². The molecule has 3 atom stereocenters. The topological polar surface area (TPSA) is 52.7 Å². The van der Waals surface area contributed by atoms with Crippen molar-refractivity contribution in [2.45, 2.75) is 51.6 Å². The molecule has 5 heteroatoms. The van der Waals surface area contributed by atoms with Gasteiger partial charge in [-0.3, -0.25) is 14.5 Å². The molecule has 1 aliphatic carbocycles. The largest absolute Gasteiger partial charge is 0.352 e. The molecule has 0 aromatic heterocycles. The zero-order valence-corrected chi connectivity index (χ0v) is 18.1. The van der Waals surface area contributed by atoms with Crippen molar-refractivity contribution in [1.82, 2.24) is 15.1 Å². The molecule has 0 radical (unpaired) electrons. The van der Waals surface area contributed by atoms with Gasteiger partial charge in [-0.2, -0.15) is 0 Å². The van der Waals surface area contributed by atoms with Crippen molar-refractivity contribution in [3.05, 3.63) is 48.0 Å². The van der Waals surface area contributed by atoms with Crippen LogP contribution in [0.3, 0.4) is 0 Å². The summed E-state index contributed by atoms with van der Waals surface area (Å²) in [5.74, 6) is 0.771. The summed E-state index contributed by atoms with van der Waals surface area (Å²) in [6.45, 7) is 6.99. The highest BCUT2D eigenvalue weighted by atomic mass is 16.2. The van der Waals surface area contributed by atoms with Crippen molar-refractivity contribution in [2.24, 2.45) is 5.92 Å². The number of nitrogens with zero attached hydrogens (tertiary/aromatic N) is 2. The summed E-state index contributed by atoms with van der Waals surface area (Å²) >= 11 is 0. The number of piperazine rings is 1. The second-order valence-electron chi connectivity index (χ2n) is 8.91. The summed E-state index contributed by atoms with van der Waals surface area (Å²) in [6.07, 6.45) is 4.77. The standard InChI is InChI=1S/C25H33N3O2/c1-18-8-3-6-13-23(18)26-24(29)19(2)27-14-16-28(17-15-27)25(30)22-12-7-10-20-9-4-5-11-21(20)22/h4-5,7,9-12,18-19,23H,3,6,8,13-17H2,1-2H3,(H,26,29). The molecule has 2 fully saturated rings. The van der Waals surface area contributed by atoms with E-state index in [1.165, 1.54) is 19.3 Å². The summed E-state index contributed by atoms with van der Waals surface area (Å²) in [4.78, 5) is 30.1. The molecule has 1 aliphatic heterocycles. The first-order valence-corrected chi connectivity index (χ1v) is 11.4. The lowest BCUT2D eigenvalue weighted by atomic mass is 9.86. The van der Waals surface area contributed by atoms with Gasteiger partial charge in [-0.1, -0.05) is 56.2 Å². The fourth-order valence-corrected chi connectivity index (χ4v) is 4.89. The van der Waals surface area contributed by atoms with E-state index in [0.717, 1.165) is 35.8 Å². The van der Waals surface area contributed by atoms with Crippen molar-refractivity contribution in [3.63, 3.8) is 0 Å². The van der Waals surface area contributed by atoms with Crippen molar-refractivity contribution in [2.75, 3.05) is 26.2 Å². The summed E-state index contributed by atoms with van der Waals surface area (Å²) in [5, 5.41) is 5.37. The third kappa shape index (κ3) is 4.36. The molecule has 2 amide bonds. The zero-order chi connectivity index (χ0) is 21.1. The highest BCUT2D eigenvalue weighted by Gasteiger charge is 2.30. The Morgan fingerprint density at radius 1 is 0.967 bits per heavy atom. The lowest BCUT2D eigenvalue weighted by Crippen LogP contribution is -2.56. The second-order valence-corrected chi connectivity index (χ2v) is 8.91. The van der Waals surface area contributed by atoms with Gasteiger partial charge < -0.3 is 10.2 Å². The van der Waals surface area contributed by atoms with Gasteiger partial charge in [0.15, 0.2) is 0 Å². The number of hydrogen-bond donors (Lipinski definition) is 1. The van der Waals surface area contributed by atoms with Crippen LogP contribution in [0.15, 0.2) is 42.5 Å². The summed E-state index contributed by atoms with van der Waals surface area (Å²) in [7, 11) is 0. The quantitative estimate of drug-likeness (QED) is 0.841. The molecule has 5 nitrogen and oxygen atoms in total. The maximum Gasteiger partial charge on any atom is 0.254 e. The Morgan fingerprint density at radius 2 is 1.67 bits per heavy atom. The van der Waals surface area contributed by atoms with Crippen molar-refractivity contribution in [1.29, 1.82) is 0 Å². The Morgan fingerprint density at radius 3 is 2.43 bits per heavy atom. The minimum absolute atomic E-state index is 0.0829. The van der Waals surface area contributed by atoms with Crippen LogP contribution in [-0.2, 0) is 4.79 Å². The van der Waals surface area contributed by atoms with Gasteiger partial charge in [-0.25, -0.2) is 0 Å². The molecule has 2 aliphatic rings. The molecule has 2 aromatic rings. The van der Waals surface area contributed by atoms with E-state index in [4.69, 9.17) is 0 Å². The van der Waals surface area contributed by atoms with E-state index in [9.17, 15) is 9.59 Å². The summed E-state index contributed by atoms with van der Waals surface area (Å²) < 4.78 is 0. The maximum absolute atomic E-state index is 13.2. The predicted octanol–water partition coefficient (Wildman–Crippen LogP) is 3.68. The second kappa shape index (κ2) is 9.17. The summed E-state index contributed by atoms with van der Waals surface area (Å²) in [6, 6.07) is 14.1. The van der Waals surface area contributed by atoms with Crippen LogP contribution in [0.4, 0.5) is 0 Å². The molecule has 1 N–H and O–H groups in total. The lowest BCUT2D eigenvalue weighted by Gasteiger charge is -2.38. The molecule has 1 heterocycles. The number of carbonyl (C=O) groups is 2. The minimum atomic E-state index is -0.158. The number of nitrogens with one attached hydrogen (secondary N) is 1. The van der Waals surface area contributed by atoms with Gasteiger partial charge >= 0.3 is 0 Å². The minimum Gasteiger partial charge on any atom is -0.352 e. The van der Waals surface area contributed by atoms with E-state index in [-0.39, 0.29) is 17.9 Å². The van der Waals surface area contributed by atoms with Crippen LogP contribution in [0.2, 0.25) is 0 Å². The van der Waals surface area contributed by atoms with Crippen LogP contribution in [0.5, 0.6) is 0 Å². The zero-order valence-electron chi connectivity index (χ0n) is 18.1. The first kappa shape index (κ1) is 20.9. The molecule has 0 spiro atoms. The van der Waals surface area contributed by atoms with Gasteiger partial charge in [0.1, 0.15) is 0 Å². The smallest absolute Gasteiger partial charge is 0.254 e. The highest BCUT2D eigenvalue weighted by Crippen LogP contribution is 2.24. The first-order chi connectivity index (χ1) is 14.5. The number of amides is 2. The van der Waals surface area contributed by atoms with E-state index in [1.807, 2.05) is 54.3 Å². The Hall–Kier alpha value is -2.40. The average Bonchev–Trinajstić information content (AvgIpc) is 2.79. The van der Waals surface area contributed by atoms with E-state index < -0.39 is 0 Å². The normalized spacial score (nSPS) is 23.9. The Balaban J connectivity index is 1.35. The van der Waals surface area contributed by atoms with Crippen LogP contribution >= 0.6 is 0 Å². The van der Waals surface area contributed by atoms with Crippen LogP contribution < -0.4 is 5.32 Å². The predicted molar refractivity (Wildman–Crippen MR) is 120 cm³/mol. The van der Waals surface area contributed by atoms with Crippen LogP contribution in [0.25, 0.3) is 10.8 Å². The Kier molecular flexibility index (Phi) is 6.38. The van der Waals surface area contributed by atoms with Crippen LogP contribution in [0, 0.1) is 5.92 Å². The first-order valence-electron chi connectivity index (χ1n) is 11.4. The van der Waals surface area contributed by atoms with Gasteiger partial charge in [0.2, 0.25) is 5.91 Å². The molecular weight excluding hydrogens is 374 g/mol. The van der Waals surface area contributed by atoms with Gasteiger partial charge in [0.25, 0.3) is 5.91 Å². The van der Waals surface area contributed by atoms with Gasteiger partial charge in [-0.15, -0.1) is 0 Å². The van der Waals surface area contributed by atoms with E-state index >= 15 is 0 Å². The number of hydrogen-bond acceptors (Lipinski definition) is 3. The third-order valence-electron chi connectivity index (χ3n) is 6.99. The molecule has 160 valence electrons. The Labute approximate surface area is 179 Å². The van der Waals surface area contributed by atoms with Crippen molar-refractivity contribution >= 4 is 22.6 Å². The van der Waals surface area contributed by atoms with Crippen molar-refractivity contribution < 1.29 is 9.59 Å². The molecule has 1 saturated carbocycles. The number of fused-ring (bicyclic) bond motifs is 1. The molecule has 4 rings (SSSR count). The van der Waals surface area contributed by atoms with Crippen LogP contribution in [-0.4, -0.2) is 59.9 Å². The molecular formula is C25H33N3O2. The van der Waals surface area contributed by atoms with E-state index in [2.05, 4.69) is 17.1 Å². The monoisotopic (exact) mass is 407 g/mol. The van der Waals surface area contributed by atoms with E-state index in [1.54, 1.807) is 0 Å². The highest BCUT2D eigenvalue weighted by molar-refractivity contribution is 6.07.